The van der Waals surface area contributed by atoms with Gasteiger partial charge in [0.2, 0.25) is 0 Å². The number of fused-ring (bicyclic) bond motifs is 1. The maximum Gasteiger partial charge on any atom is 0.180 e. The molecule has 1 aromatic carbocycles. The van der Waals surface area contributed by atoms with Crippen LogP contribution in [0, 0.1) is 0 Å². The van der Waals surface area contributed by atoms with Gasteiger partial charge in [0.1, 0.15) is 5.75 Å². The monoisotopic (exact) mass is 274 g/mol. The Morgan fingerprint density at radius 2 is 2.16 bits per heavy atom. The van der Waals surface area contributed by atoms with Crippen LogP contribution in [0.2, 0.25) is 0 Å². The Kier molecular flexibility index (Phi) is 3.42. The number of aryl methyl sites for hydroxylation is 1. The van der Waals surface area contributed by atoms with E-state index < -0.39 is 0 Å². The number of nitrogen functional groups attached to an aromatic ring is 1. The summed E-state index contributed by atoms with van der Waals surface area (Å²) in [6.07, 6.45) is 3.44. The molecule has 1 unspecified atom stereocenters. The van der Waals surface area contributed by atoms with Crippen molar-refractivity contribution in [1.29, 1.82) is 0 Å². The second-order valence-electron chi connectivity index (χ2n) is 4.81. The number of thiazole rings is 1. The zero-order valence-electron chi connectivity index (χ0n) is 11.1. The molecule has 0 radical (unpaired) electrons. The predicted octanol–water partition coefficient (Wildman–Crippen LogP) is 3.59. The van der Waals surface area contributed by atoms with E-state index in [1.165, 1.54) is 29.0 Å². The summed E-state index contributed by atoms with van der Waals surface area (Å²) in [7, 11) is 0. The molecule has 1 aliphatic rings. The van der Waals surface area contributed by atoms with Gasteiger partial charge in [-0.1, -0.05) is 12.1 Å². The molecule has 2 N–H and O–H groups in total. The number of anilines is 1. The topological polar surface area (TPSA) is 48.1 Å². The number of nitrogens with zero attached hydrogens (tertiary/aromatic N) is 1. The van der Waals surface area contributed by atoms with Crippen molar-refractivity contribution in [1.82, 2.24) is 4.98 Å². The van der Waals surface area contributed by atoms with Crippen LogP contribution in [0.3, 0.4) is 0 Å². The van der Waals surface area contributed by atoms with Gasteiger partial charge in [0.05, 0.1) is 12.3 Å². The molecule has 100 valence electrons. The van der Waals surface area contributed by atoms with E-state index in [1.807, 2.05) is 6.92 Å². The van der Waals surface area contributed by atoms with E-state index in [-0.39, 0.29) is 0 Å². The molecule has 0 aliphatic heterocycles. The standard InChI is InChI=1S/C15H18N2OS/c1-2-18-11-8-6-10(7-9-11)12-4-3-5-13-14(12)19-15(16)17-13/h6-9,12H,2-5H2,1H3,(H2,16,17). The lowest BCUT2D eigenvalue weighted by molar-refractivity contribution is 0.340. The van der Waals surface area contributed by atoms with E-state index in [2.05, 4.69) is 29.2 Å². The van der Waals surface area contributed by atoms with Gasteiger partial charge in [0.25, 0.3) is 0 Å². The number of nitrogens with two attached hydrogens (primary N) is 1. The van der Waals surface area contributed by atoms with E-state index in [4.69, 9.17) is 10.5 Å². The third kappa shape index (κ3) is 2.45. The molecule has 4 heteroatoms. The quantitative estimate of drug-likeness (QED) is 0.930. The fraction of sp³-hybridized carbons (Fsp3) is 0.400. The second kappa shape index (κ2) is 5.21. The Balaban J connectivity index is 1.90. The molecule has 0 saturated heterocycles. The number of hydrogen-bond donors (Lipinski definition) is 1. The third-order valence-corrected chi connectivity index (χ3v) is 4.60. The van der Waals surface area contributed by atoms with Crippen LogP contribution in [0.5, 0.6) is 5.75 Å². The molecular weight excluding hydrogens is 256 g/mol. The SMILES string of the molecule is CCOc1ccc(C2CCCc3nc(N)sc32)cc1. The fourth-order valence-corrected chi connectivity index (χ4v) is 3.76. The van der Waals surface area contributed by atoms with E-state index in [9.17, 15) is 0 Å². The van der Waals surface area contributed by atoms with E-state index >= 15 is 0 Å². The highest BCUT2D eigenvalue weighted by molar-refractivity contribution is 7.15. The summed E-state index contributed by atoms with van der Waals surface area (Å²) in [5.41, 5.74) is 8.39. The highest BCUT2D eigenvalue weighted by atomic mass is 32.1. The van der Waals surface area contributed by atoms with Crippen LogP contribution in [0.4, 0.5) is 5.13 Å². The van der Waals surface area contributed by atoms with Gasteiger partial charge in [0, 0.05) is 10.8 Å². The van der Waals surface area contributed by atoms with Crippen molar-refractivity contribution in [2.75, 3.05) is 12.3 Å². The first kappa shape index (κ1) is 12.5. The van der Waals surface area contributed by atoms with Crippen molar-refractivity contribution in [2.45, 2.75) is 32.1 Å². The number of aromatic nitrogens is 1. The van der Waals surface area contributed by atoms with Crippen molar-refractivity contribution in [3.63, 3.8) is 0 Å². The first-order valence-electron chi connectivity index (χ1n) is 6.75. The van der Waals surface area contributed by atoms with Crippen LogP contribution in [0.15, 0.2) is 24.3 Å². The van der Waals surface area contributed by atoms with Crippen molar-refractivity contribution < 1.29 is 4.74 Å². The zero-order chi connectivity index (χ0) is 13.2. The van der Waals surface area contributed by atoms with E-state index in [0.29, 0.717) is 17.7 Å². The number of rotatable bonds is 3. The van der Waals surface area contributed by atoms with Crippen molar-refractivity contribution in [2.24, 2.45) is 0 Å². The molecule has 1 heterocycles. The maximum absolute atomic E-state index is 5.85. The van der Waals surface area contributed by atoms with Gasteiger partial charge in [-0.25, -0.2) is 4.98 Å². The highest BCUT2D eigenvalue weighted by Gasteiger charge is 2.25. The second-order valence-corrected chi connectivity index (χ2v) is 5.87. The van der Waals surface area contributed by atoms with Crippen LogP contribution in [-0.2, 0) is 6.42 Å². The van der Waals surface area contributed by atoms with Gasteiger partial charge in [-0.15, -0.1) is 11.3 Å². The Morgan fingerprint density at radius 3 is 2.89 bits per heavy atom. The molecule has 1 aromatic heterocycles. The lowest BCUT2D eigenvalue weighted by Crippen LogP contribution is -2.09. The molecule has 1 atom stereocenters. The van der Waals surface area contributed by atoms with Crippen molar-refractivity contribution in [3.05, 3.63) is 40.4 Å². The van der Waals surface area contributed by atoms with Crippen LogP contribution in [0.25, 0.3) is 0 Å². The average Bonchev–Trinajstić information content (AvgIpc) is 2.80. The van der Waals surface area contributed by atoms with Gasteiger partial charge in [0.15, 0.2) is 5.13 Å². The Hall–Kier alpha value is -1.55. The molecule has 1 aliphatic carbocycles. The normalized spacial score (nSPS) is 18.1. The number of hydrogen-bond acceptors (Lipinski definition) is 4. The smallest absolute Gasteiger partial charge is 0.180 e. The summed E-state index contributed by atoms with van der Waals surface area (Å²) in [6.45, 7) is 2.71. The number of benzene rings is 1. The first-order valence-corrected chi connectivity index (χ1v) is 7.57. The highest BCUT2D eigenvalue weighted by Crippen LogP contribution is 2.40. The molecule has 3 rings (SSSR count). The van der Waals surface area contributed by atoms with Crippen LogP contribution in [-0.4, -0.2) is 11.6 Å². The first-order chi connectivity index (χ1) is 9.28. The molecule has 0 spiro atoms. The molecule has 0 amide bonds. The van der Waals surface area contributed by atoms with Crippen LogP contribution >= 0.6 is 11.3 Å². The van der Waals surface area contributed by atoms with Gasteiger partial charge in [-0.2, -0.15) is 0 Å². The van der Waals surface area contributed by atoms with Gasteiger partial charge in [-0.3, -0.25) is 0 Å². The maximum atomic E-state index is 5.85. The van der Waals surface area contributed by atoms with Crippen molar-refractivity contribution in [3.8, 4) is 5.75 Å². The van der Waals surface area contributed by atoms with E-state index in [0.717, 1.165) is 12.2 Å². The lowest BCUT2D eigenvalue weighted by atomic mass is 9.86. The van der Waals surface area contributed by atoms with Crippen molar-refractivity contribution >= 4 is 16.5 Å². The Labute approximate surface area is 117 Å². The summed E-state index contributed by atoms with van der Waals surface area (Å²) >= 11 is 1.64. The largest absolute Gasteiger partial charge is 0.494 e. The minimum atomic E-state index is 0.453. The average molecular weight is 274 g/mol. The molecule has 2 aromatic rings. The number of ether oxygens (including phenoxy) is 1. The Bertz CT molecular complexity index is 562. The molecule has 0 saturated carbocycles. The lowest BCUT2D eigenvalue weighted by Gasteiger charge is -2.21. The predicted molar refractivity (Wildman–Crippen MR) is 78.9 cm³/mol. The summed E-state index contributed by atoms with van der Waals surface area (Å²) in [4.78, 5) is 5.80. The molecule has 0 bridgehead atoms. The van der Waals surface area contributed by atoms with Gasteiger partial charge in [-0.05, 0) is 43.9 Å². The molecule has 3 nitrogen and oxygen atoms in total. The van der Waals surface area contributed by atoms with Gasteiger partial charge >= 0.3 is 0 Å². The molecular formula is C15H18N2OS. The summed E-state index contributed by atoms with van der Waals surface area (Å²) < 4.78 is 5.49. The fourth-order valence-electron chi connectivity index (χ4n) is 2.72. The van der Waals surface area contributed by atoms with Gasteiger partial charge < -0.3 is 10.5 Å². The van der Waals surface area contributed by atoms with Crippen LogP contribution < -0.4 is 10.5 Å². The molecule has 0 fully saturated rings. The third-order valence-electron chi connectivity index (χ3n) is 3.56. The minimum absolute atomic E-state index is 0.453. The zero-order valence-corrected chi connectivity index (χ0v) is 11.9. The Morgan fingerprint density at radius 1 is 1.37 bits per heavy atom. The summed E-state index contributed by atoms with van der Waals surface area (Å²) in [6, 6.07) is 8.44. The van der Waals surface area contributed by atoms with E-state index in [1.54, 1.807) is 11.3 Å². The minimum Gasteiger partial charge on any atom is -0.494 e. The summed E-state index contributed by atoms with van der Waals surface area (Å²) in [5.74, 6) is 1.39. The molecule has 19 heavy (non-hydrogen) atoms. The summed E-state index contributed by atoms with van der Waals surface area (Å²) in [5, 5.41) is 0.697. The van der Waals surface area contributed by atoms with Crippen LogP contribution in [0.1, 0.15) is 41.8 Å².